The van der Waals surface area contributed by atoms with Crippen LogP contribution in [0.1, 0.15) is 29.4 Å². The maximum Gasteiger partial charge on any atom is 0.191 e. The van der Waals surface area contributed by atoms with Crippen molar-refractivity contribution >= 4 is 29.9 Å². The number of hydrogen-bond acceptors (Lipinski definition) is 4. The van der Waals surface area contributed by atoms with Gasteiger partial charge in [-0.1, -0.05) is 24.3 Å². The smallest absolute Gasteiger partial charge is 0.191 e. The van der Waals surface area contributed by atoms with E-state index >= 15 is 0 Å². The molecule has 2 N–H and O–H groups in total. The molecule has 0 saturated heterocycles. The second kappa shape index (κ2) is 11.7. The fraction of sp³-hybridized carbons (Fsp3) is 0.348. The number of rotatable bonds is 7. The average Bonchev–Trinajstić information content (AvgIpc) is 3.08. The zero-order chi connectivity index (χ0) is 21.5. The number of benzene rings is 1. The highest BCUT2D eigenvalue weighted by molar-refractivity contribution is 14.0. The van der Waals surface area contributed by atoms with Crippen molar-refractivity contribution in [2.24, 2.45) is 4.99 Å². The van der Waals surface area contributed by atoms with Gasteiger partial charge in [-0.15, -0.1) is 24.0 Å². The van der Waals surface area contributed by atoms with Crippen molar-refractivity contribution in [1.82, 2.24) is 25.4 Å². The van der Waals surface area contributed by atoms with Gasteiger partial charge in [0, 0.05) is 25.5 Å². The van der Waals surface area contributed by atoms with Crippen LogP contribution in [0, 0.1) is 20.8 Å². The lowest BCUT2D eigenvalue weighted by molar-refractivity contribution is 0.222. The first kappa shape index (κ1) is 24.6. The fourth-order valence-corrected chi connectivity index (χ4v) is 3.10. The normalized spacial score (nSPS) is 12.1. The van der Waals surface area contributed by atoms with Gasteiger partial charge in [0.2, 0.25) is 0 Å². The number of nitrogens with zero attached hydrogens (tertiary/aromatic N) is 4. The first-order chi connectivity index (χ1) is 14.5. The minimum Gasteiger partial charge on any atom is -0.489 e. The SMILES string of the molecule is CN=C(NCc1ccc(-n2nc(C)cc2C)nc1)NCC(C)Oc1ccccc1C.I. The minimum atomic E-state index is 0. The van der Waals surface area contributed by atoms with E-state index in [0.29, 0.717) is 13.1 Å². The number of aryl methyl sites for hydroxylation is 3. The molecule has 2 heterocycles. The lowest BCUT2D eigenvalue weighted by atomic mass is 10.2. The molecule has 3 aromatic rings. The fourth-order valence-electron chi connectivity index (χ4n) is 3.10. The van der Waals surface area contributed by atoms with Crippen molar-refractivity contribution in [2.45, 2.75) is 40.3 Å². The molecule has 0 fully saturated rings. The van der Waals surface area contributed by atoms with Gasteiger partial charge in [-0.25, -0.2) is 9.67 Å². The first-order valence-corrected chi connectivity index (χ1v) is 10.1. The second-order valence-corrected chi connectivity index (χ2v) is 7.36. The van der Waals surface area contributed by atoms with E-state index in [1.54, 1.807) is 7.05 Å². The number of nitrogens with one attached hydrogen (secondary N) is 2. The molecule has 2 aromatic heterocycles. The van der Waals surface area contributed by atoms with Crippen LogP contribution in [0.5, 0.6) is 5.75 Å². The molecular weight excluding hydrogens is 503 g/mol. The first-order valence-electron chi connectivity index (χ1n) is 10.1. The number of pyridine rings is 1. The number of aromatic nitrogens is 3. The van der Waals surface area contributed by atoms with E-state index in [1.807, 2.05) is 81.0 Å². The Balaban J connectivity index is 0.00000341. The van der Waals surface area contributed by atoms with Crippen molar-refractivity contribution < 1.29 is 4.74 Å². The molecule has 0 spiro atoms. The lowest BCUT2D eigenvalue weighted by Gasteiger charge is -2.18. The third-order valence-electron chi connectivity index (χ3n) is 4.70. The number of ether oxygens (including phenoxy) is 1. The third kappa shape index (κ3) is 6.95. The molecule has 1 aromatic carbocycles. The van der Waals surface area contributed by atoms with Gasteiger partial charge < -0.3 is 15.4 Å². The summed E-state index contributed by atoms with van der Waals surface area (Å²) in [5.74, 6) is 2.44. The van der Waals surface area contributed by atoms with E-state index in [-0.39, 0.29) is 30.1 Å². The summed E-state index contributed by atoms with van der Waals surface area (Å²) in [5, 5.41) is 11.1. The molecule has 166 valence electrons. The second-order valence-electron chi connectivity index (χ2n) is 7.36. The van der Waals surface area contributed by atoms with Gasteiger partial charge in [0.25, 0.3) is 0 Å². The van der Waals surface area contributed by atoms with E-state index < -0.39 is 0 Å². The van der Waals surface area contributed by atoms with Crippen molar-refractivity contribution in [3.8, 4) is 11.6 Å². The maximum atomic E-state index is 6.01. The number of guanidine groups is 1. The van der Waals surface area contributed by atoms with E-state index in [1.165, 1.54) is 0 Å². The molecule has 0 amide bonds. The standard InChI is InChI=1S/C23H30N6O.HI/c1-16-8-6-7-9-21(16)30-19(4)13-26-23(24-5)27-15-20-10-11-22(25-14-20)29-18(3)12-17(2)28-29;/h6-12,14,19H,13,15H2,1-5H3,(H2,24,26,27);1H. The molecule has 1 atom stereocenters. The monoisotopic (exact) mass is 534 g/mol. The molecule has 31 heavy (non-hydrogen) atoms. The molecule has 8 heteroatoms. The summed E-state index contributed by atoms with van der Waals surface area (Å²) in [7, 11) is 1.76. The Morgan fingerprint density at radius 1 is 1.13 bits per heavy atom. The molecule has 0 saturated carbocycles. The summed E-state index contributed by atoms with van der Waals surface area (Å²) in [4.78, 5) is 8.82. The van der Waals surface area contributed by atoms with E-state index in [0.717, 1.165) is 40.0 Å². The molecular formula is C23H31IN6O. The molecule has 0 aliphatic rings. The topological polar surface area (TPSA) is 76.4 Å². The van der Waals surface area contributed by atoms with Gasteiger partial charge in [-0.2, -0.15) is 5.10 Å². The zero-order valence-electron chi connectivity index (χ0n) is 18.7. The highest BCUT2D eigenvalue weighted by atomic mass is 127. The quantitative estimate of drug-likeness (QED) is 0.273. The van der Waals surface area contributed by atoms with E-state index in [4.69, 9.17) is 4.74 Å². The van der Waals surface area contributed by atoms with Gasteiger partial charge >= 0.3 is 0 Å². The van der Waals surface area contributed by atoms with Crippen LogP contribution in [0.3, 0.4) is 0 Å². The van der Waals surface area contributed by atoms with Crippen LogP contribution in [-0.2, 0) is 6.54 Å². The van der Waals surface area contributed by atoms with Crippen molar-refractivity contribution in [2.75, 3.05) is 13.6 Å². The average molecular weight is 534 g/mol. The van der Waals surface area contributed by atoms with Crippen LogP contribution in [0.4, 0.5) is 0 Å². The Kier molecular flexibility index (Phi) is 9.29. The Bertz CT molecular complexity index is 1000. The highest BCUT2D eigenvalue weighted by Gasteiger charge is 2.08. The van der Waals surface area contributed by atoms with Crippen LogP contribution in [0.15, 0.2) is 53.7 Å². The van der Waals surface area contributed by atoms with E-state index in [9.17, 15) is 0 Å². The minimum absolute atomic E-state index is 0. The van der Waals surface area contributed by atoms with Gasteiger partial charge in [0.15, 0.2) is 11.8 Å². The predicted octanol–water partition coefficient (Wildman–Crippen LogP) is 3.94. The predicted molar refractivity (Wildman–Crippen MR) is 136 cm³/mol. The maximum absolute atomic E-state index is 6.01. The number of aliphatic imine (C=N–C) groups is 1. The zero-order valence-corrected chi connectivity index (χ0v) is 21.0. The largest absolute Gasteiger partial charge is 0.489 e. The summed E-state index contributed by atoms with van der Waals surface area (Å²) in [6.45, 7) is 9.35. The summed E-state index contributed by atoms with van der Waals surface area (Å²) in [6.07, 6.45) is 1.86. The molecule has 0 radical (unpaired) electrons. The Hall–Kier alpha value is -2.62. The Morgan fingerprint density at radius 3 is 2.52 bits per heavy atom. The van der Waals surface area contributed by atoms with Crippen LogP contribution in [0.25, 0.3) is 5.82 Å². The van der Waals surface area contributed by atoms with Gasteiger partial charge in [-0.05, 0) is 57.0 Å². The van der Waals surface area contributed by atoms with Gasteiger partial charge in [-0.3, -0.25) is 4.99 Å². The van der Waals surface area contributed by atoms with Crippen molar-refractivity contribution in [3.63, 3.8) is 0 Å². The number of halogens is 1. The molecule has 3 rings (SSSR count). The van der Waals surface area contributed by atoms with Crippen molar-refractivity contribution in [3.05, 3.63) is 71.2 Å². The summed E-state index contributed by atoms with van der Waals surface area (Å²) in [5.41, 5.74) is 4.24. The van der Waals surface area contributed by atoms with Crippen LogP contribution >= 0.6 is 24.0 Å². The summed E-state index contributed by atoms with van der Waals surface area (Å²) < 4.78 is 7.86. The van der Waals surface area contributed by atoms with Gasteiger partial charge in [0.05, 0.1) is 12.2 Å². The summed E-state index contributed by atoms with van der Waals surface area (Å²) >= 11 is 0. The van der Waals surface area contributed by atoms with Gasteiger partial charge in [0.1, 0.15) is 11.9 Å². The molecule has 7 nitrogen and oxygen atoms in total. The molecule has 1 unspecified atom stereocenters. The summed E-state index contributed by atoms with van der Waals surface area (Å²) in [6, 6.07) is 14.1. The number of hydrogen-bond donors (Lipinski definition) is 2. The molecule has 0 bridgehead atoms. The van der Waals surface area contributed by atoms with Crippen LogP contribution < -0.4 is 15.4 Å². The van der Waals surface area contributed by atoms with Crippen molar-refractivity contribution in [1.29, 1.82) is 0 Å². The molecule has 0 aliphatic carbocycles. The lowest BCUT2D eigenvalue weighted by Crippen LogP contribution is -2.41. The highest BCUT2D eigenvalue weighted by Crippen LogP contribution is 2.17. The Morgan fingerprint density at radius 2 is 1.90 bits per heavy atom. The van der Waals surface area contributed by atoms with Crippen LogP contribution in [0.2, 0.25) is 0 Å². The van der Waals surface area contributed by atoms with E-state index in [2.05, 4.69) is 25.7 Å². The third-order valence-corrected chi connectivity index (χ3v) is 4.70. The Labute approximate surface area is 201 Å². The van der Waals surface area contributed by atoms with Crippen LogP contribution in [-0.4, -0.2) is 40.4 Å². The number of para-hydroxylation sites is 1. The molecule has 0 aliphatic heterocycles.